The van der Waals surface area contributed by atoms with Gasteiger partial charge in [0.1, 0.15) is 0 Å². The normalized spacial score (nSPS) is 10.9. The van der Waals surface area contributed by atoms with E-state index in [1.54, 1.807) is 12.1 Å². The van der Waals surface area contributed by atoms with Crippen LogP contribution in [0.5, 0.6) is 0 Å². The fourth-order valence-corrected chi connectivity index (χ4v) is 2.46. The second kappa shape index (κ2) is 6.06. The molecular formula is C16H15ClN2O2. The third-order valence-electron chi connectivity index (χ3n) is 3.34. The molecule has 0 aliphatic rings. The van der Waals surface area contributed by atoms with Crippen LogP contribution in [-0.4, -0.2) is 17.0 Å². The van der Waals surface area contributed by atoms with Gasteiger partial charge in [0.25, 0.3) is 5.91 Å². The van der Waals surface area contributed by atoms with E-state index in [1.807, 2.05) is 12.1 Å². The van der Waals surface area contributed by atoms with Gasteiger partial charge in [-0.2, -0.15) is 0 Å². The van der Waals surface area contributed by atoms with Crippen LogP contribution >= 0.6 is 11.6 Å². The molecule has 2 heterocycles. The first-order valence-corrected chi connectivity index (χ1v) is 7.19. The van der Waals surface area contributed by atoms with Crippen molar-refractivity contribution in [2.75, 3.05) is 6.54 Å². The molecule has 0 fully saturated rings. The number of hydrogen-bond donors (Lipinski definition) is 1. The van der Waals surface area contributed by atoms with Gasteiger partial charge >= 0.3 is 0 Å². The van der Waals surface area contributed by atoms with E-state index in [-0.39, 0.29) is 16.9 Å². The fraction of sp³-hybridized carbons (Fsp3) is 0.188. The van der Waals surface area contributed by atoms with Gasteiger partial charge in [0.05, 0.1) is 0 Å². The highest BCUT2D eigenvalue weighted by atomic mass is 35.5. The molecule has 0 saturated carbocycles. The first-order chi connectivity index (χ1) is 10.2. The Hall–Kier alpha value is -2.20. The first kappa shape index (κ1) is 13.8. The monoisotopic (exact) mass is 302 g/mol. The van der Waals surface area contributed by atoms with Gasteiger partial charge in [-0.1, -0.05) is 18.2 Å². The summed E-state index contributed by atoms with van der Waals surface area (Å²) in [7, 11) is 0. The van der Waals surface area contributed by atoms with E-state index >= 15 is 0 Å². The maximum atomic E-state index is 11.8. The summed E-state index contributed by atoms with van der Waals surface area (Å²) < 4.78 is 7.24. The highest BCUT2D eigenvalue weighted by molar-refractivity contribution is 6.29. The Labute approximate surface area is 127 Å². The second-order valence-corrected chi connectivity index (χ2v) is 5.15. The van der Waals surface area contributed by atoms with Crippen molar-refractivity contribution in [2.24, 2.45) is 0 Å². The number of aryl methyl sites for hydroxylation is 1. The molecule has 0 aliphatic heterocycles. The Morgan fingerprint density at radius 3 is 2.86 bits per heavy atom. The highest BCUT2D eigenvalue weighted by Crippen LogP contribution is 2.15. The van der Waals surface area contributed by atoms with Gasteiger partial charge in [-0.3, -0.25) is 4.79 Å². The van der Waals surface area contributed by atoms with Crippen molar-refractivity contribution >= 4 is 28.4 Å². The standard InChI is InChI=1S/C16H15ClN2O2/c17-15-7-6-14(21-15)16(20)18-9-3-10-19-11-8-12-4-1-2-5-13(12)19/h1-2,4-8,11H,3,9-10H2,(H,18,20). The zero-order valence-corrected chi connectivity index (χ0v) is 12.1. The average molecular weight is 303 g/mol. The van der Waals surface area contributed by atoms with Crippen molar-refractivity contribution in [3.63, 3.8) is 0 Å². The van der Waals surface area contributed by atoms with E-state index in [0.717, 1.165) is 13.0 Å². The molecule has 0 saturated heterocycles. The first-order valence-electron chi connectivity index (χ1n) is 6.81. The molecule has 108 valence electrons. The molecule has 0 spiro atoms. The summed E-state index contributed by atoms with van der Waals surface area (Å²) in [6.07, 6.45) is 2.91. The third kappa shape index (κ3) is 3.11. The van der Waals surface area contributed by atoms with Crippen molar-refractivity contribution in [2.45, 2.75) is 13.0 Å². The Kier molecular flexibility index (Phi) is 3.97. The number of aromatic nitrogens is 1. The Morgan fingerprint density at radius 1 is 1.19 bits per heavy atom. The van der Waals surface area contributed by atoms with E-state index in [9.17, 15) is 4.79 Å². The van der Waals surface area contributed by atoms with Crippen molar-refractivity contribution in [1.82, 2.24) is 9.88 Å². The number of para-hydroxylation sites is 1. The molecule has 0 unspecified atom stereocenters. The van der Waals surface area contributed by atoms with Crippen molar-refractivity contribution in [3.8, 4) is 0 Å². The quantitative estimate of drug-likeness (QED) is 0.730. The number of halogens is 1. The Morgan fingerprint density at radius 2 is 2.05 bits per heavy atom. The molecule has 3 rings (SSSR count). The van der Waals surface area contributed by atoms with Gasteiger partial charge < -0.3 is 14.3 Å². The summed E-state index contributed by atoms with van der Waals surface area (Å²) in [6.45, 7) is 1.44. The zero-order valence-electron chi connectivity index (χ0n) is 11.4. The number of carbonyl (C=O) groups excluding carboxylic acids is 1. The van der Waals surface area contributed by atoms with Crippen LogP contribution in [-0.2, 0) is 6.54 Å². The predicted molar refractivity (Wildman–Crippen MR) is 82.6 cm³/mol. The van der Waals surface area contributed by atoms with Gasteiger partial charge in [-0.05, 0) is 47.7 Å². The van der Waals surface area contributed by atoms with Crippen molar-refractivity contribution in [1.29, 1.82) is 0 Å². The van der Waals surface area contributed by atoms with Crippen molar-refractivity contribution < 1.29 is 9.21 Å². The Bertz CT molecular complexity index is 760. The van der Waals surface area contributed by atoms with Gasteiger partial charge in [0.2, 0.25) is 0 Å². The van der Waals surface area contributed by atoms with Crippen LogP contribution in [0.25, 0.3) is 10.9 Å². The summed E-state index contributed by atoms with van der Waals surface area (Å²) >= 11 is 5.64. The van der Waals surface area contributed by atoms with Gasteiger partial charge in [0, 0.05) is 24.8 Å². The number of rotatable bonds is 5. The number of fused-ring (bicyclic) bond motifs is 1. The van der Waals surface area contributed by atoms with Crippen LogP contribution in [0.2, 0.25) is 5.22 Å². The topological polar surface area (TPSA) is 47.2 Å². The van der Waals surface area contributed by atoms with Gasteiger partial charge in [-0.15, -0.1) is 0 Å². The third-order valence-corrected chi connectivity index (χ3v) is 3.54. The predicted octanol–water partition coefficient (Wildman–Crippen LogP) is 3.71. The number of nitrogens with one attached hydrogen (secondary N) is 1. The molecule has 1 aromatic carbocycles. The molecule has 4 nitrogen and oxygen atoms in total. The summed E-state index contributed by atoms with van der Waals surface area (Å²) in [5, 5.41) is 4.27. The van der Waals surface area contributed by atoms with E-state index in [0.29, 0.717) is 6.54 Å². The fourth-order valence-electron chi connectivity index (χ4n) is 2.31. The maximum Gasteiger partial charge on any atom is 0.287 e. The molecule has 0 bridgehead atoms. The molecule has 5 heteroatoms. The number of hydrogen-bond acceptors (Lipinski definition) is 2. The number of nitrogens with zero attached hydrogens (tertiary/aromatic N) is 1. The summed E-state index contributed by atoms with van der Waals surface area (Å²) in [4.78, 5) is 11.8. The Balaban J connectivity index is 1.51. The van der Waals surface area contributed by atoms with Gasteiger partial charge in [-0.25, -0.2) is 0 Å². The largest absolute Gasteiger partial charge is 0.440 e. The SMILES string of the molecule is O=C(NCCCn1ccc2ccccc21)c1ccc(Cl)o1. The van der Waals surface area contributed by atoms with Crippen LogP contribution in [0, 0.1) is 0 Å². The highest BCUT2D eigenvalue weighted by Gasteiger charge is 2.09. The number of carbonyl (C=O) groups is 1. The molecule has 1 N–H and O–H groups in total. The molecule has 0 aliphatic carbocycles. The lowest BCUT2D eigenvalue weighted by Gasteiger charge is -2.06. The smallest absolute Gasteiger partial charge is 0.287 e. The summed E-state index contributed by atoms with van der Waals surface area (Å²) in [5.74, 6) is 0.00526. The molecule has 0 atom stereocenters. The summed E-state index contributed by atoms with van der Waals surface area (Å²) in [6, 6.07) is 13.5. The van der Waals surface area contributed by atoms with Crippen LogP contribution in [0.15, 0.2) is 53.1 Å². The number of amides is 1. The van der Waals surface area contributed by atoms with Crippen LogP contribution in [0.3, 0.4) is 0 Å². The van der Waals surface area contributed by atoms with E-state index in [1.165, 1.54) is 10.9 Å². The molecule has 3 aromatic rings. The molecule has 21 heavy (non-hydrogen) atoms. The maximum absolute atomic E-state index is 11.8. The second-order valence-electron chi connectivity index (χ2n) is 4.78. The van der Waals surface area contributed by atoms with Gasteiger partial charge in [0.15, 0.2) is 11.0 Å². The van der Waals surface area contributed by atoms with Crippen LogP contribution in [0.4, 0.5) is 0 Å². The molecule has 1 amide bonds. The number of furan rings is 1. The van der Waals surface area contributed by atoms with Crippen LogP contribution < -0.4 is 5.32 Å². The molecule has 0 radical (unpaired) electrons. The van der Waals surface area contributed by atoms with Crippen molar-refractivity contribution in [3.05, 3.63) is 59.6 Å². The van der Waals surface area contributed by atoms with E-state index in [2.05, 4.69) is 34.3 Å². The van der Waals surface area contributed by atoms with E-state index in [4.69, 9.17) is 16.0 Å². The summed E-state index contributed by atoms with van der Waals surface area (Å²) in [5.41, 5.74) is 1.21. The number of benzene rings is 1. The van der Waals surface area contributed by atoms with Crippen LogP contribution in [0.1, 0.15) is 17.0 Å². The minimum atomic E-state index is -0.237. The van der Waals surface area contributed by atoms with E-state index < -0.39 is 0 Å². The average Bonchev–Trinajstić information content (AvgIpc) is 3.10. The lowest BCUT2D eigenvalue weighted by molar-refractivity contribution is 0.0925. The minimum Gasteiger partial charge on any atom is -0.440 e. The zero-order chi connectivity index (χ0) is 14.7. The lowest BCUT2D eigenvalue weighted by atomic mass is 10.2. The lowest BCUT2D eigenvalue weighted by Crippen LogP contribution is -2.24. The molecular weight excluding hydrogens is 288 g/mol. The minimum absolute atomic E-state index is 0.221. The molecule has 2 aromatic heterocycles.